The summed E-state index contributed by atoms with van der Waals surface area (Å²) in [6.45, 7) is 0.172. The summed E-state index contributed by atoms with van der Waals surface area (Å²) in [7, 11) is 5.41. The van der Waals surface area contributed by atoms with E-state index < -0.39 is 5.91 Å². The van der Waals surface area contributed by atoms with Gasteiger partial charge in [-0.1, -0.05) is 0 Å². The minimum Gasteiger partial charge on any atom is -0.443 e. The molecule has 0 bridgehead atoms. The molecule has 11 nitrogen and oxygen atoms in total. The number of pyridine rings is 2. The number of nitrogens with two attached hydrogens (primary N) is 1. The lowest BCUT2D eigenvalue weighted by molar-refractivity contribution is 0.0946. The number of aryl methyl sites for hydroxylation is 1. The first-order valence-electron chi connectivity index (χ1n) is 9.99. The van der Waals surface area contributed by atoms with Crippen LogP contribution in [0.5, 0.6) is 0 Å². The van der Waals surface area contributed by atoms with E-state index in [9.17, 15) is 9.59 Å². The first-order valence-corrected chi connectivity index (χ1v) is 9.99. The number of nitrogens with one attached hydrogen (secondary N) is 1. The lowest BCUT2D eigenvalue weighted by atomic mass is 10.1. The lowest BCUT2D eigenvalue weighted by Gasteiger charge is -2.17. The van der Waals surface area contributed by atoms with Crippen molar-refractivity contribution < 1.29 is 9.21 Å². The van der Waals surface area contributed by atoms with Crippen LogP contribution in [0, 0.1) is 0 Å². The van der Waals surface area contributed by atoms with E-state index in [0.29, 0.717) is 17.0 Å². The largest absolute Gasteiger partial charge is 0.443 e. The molecule has 0 aliphatic heterocycles. The molecular weight excluding hydrogens is 424 g/mol. The average Bonchev–Trinajstić information content (AvgIpc) is 3.34. The molecular formula is C22H22N8O3. The monoisotopic (exact) mass is 446 g/mol. The predicted octanol–water partition coefficient (Wildman–Crippen LogP) is 1.47. The fraction of sp³-hybridized carbons (Fsp3) is 0.182. The molecule has 1 amide bonds. The summed E-state index contributed by atoms with van der Waals surface area (Å²) in [5, 5.41) is 2.80. The highest BCUT2D eigenvalue weighted by molar-refractivity contribution is 5.97. The van der Waals surface area contributed by atoms with Crippen LogP contribution in [0.15, 0.2) is 58.3 Å². The van der Waals surface area contributed by atoms with E-state index in [-0.39, 0.29) is 35.2 Å². The summed E-state index contributed by atoms with van der Waals surface area (Å²) in [4.78, 5) is 44.1. The van der Waals surface area contributed by atoms with Crippen LogP contribution >= 0.6 is 0 Å². The number of oxazole rings is 1. The average molecular weight is 446 g/mol. The first kappa shape index (κ1) is 21.7. The van der Waals surface area contributed by atoms with Crippen molar-refractivity contribution in [3.05, 3.63) is 70.9 Å². The van der Waals surface area contributed by atoms with Crippen molar-refractivity contribution in [2.45, 2.75) is 6.54 Å². The van der Waals surface area contributed by atoms with Crippen LogP contribution < -0.4 is 21.5 Å². The summed E-state index contributed by atoms with van der Waals surface area (Å²) in [5.74, 6) is -0.405. The molecule has 4 aromatic heterocycles. The van der Waals surface area contributed by atoms with E-state index in [1.54, 1.807) is 25.5 Å². The molecule has 0 aromatic carbocycles. The van der Waals surface area contributed by atoms with Gasteiger partial charge in [-0.2, -0.15) is 0 Å². The fourth-order valence-electron chi connectivity index (χ4n) is 3.26. The molecule has 0 spiro atoms. The van der Waals surface area contributed by atoms with Crippen LogP contribution in [0.1, 0.15) is 16.2 Å². The quantitative estimate of drug-likeness (QED) is 0.449. The molecule has 0 atom stereocenters. The number of hydrogen-bond acceptors (Lipinski definition) is 9. The minimum absolute atomic E-state index is 0.0588. The molecule has 0 aliphatic rings. The summed E-state index contributed by atoms with van der Waals surface area (Å²) in [5.41, 5.74) is 8.52. The Morgan fingerprint density at radius 3 is 2.67 bits per heavy atom. The van der Waals surface area contributed by atoms with E-state index >= 15 is 0 Å². The molecule has 0 aliphatic carbocycles. The molecule has 0 fully saturated rings. The SMILES string of the molecule is CN(C)c1cccnc1CNC(=O)c1nc(-c2ccc(=O)n(C)c2)c(-c2ncco2)nc1N. The van der Waals surface area contributed by atoms with E-state index in [2.05, 4.69) is 25.3 Å². The van der Waals surface area contributed by atoms with Crippen LogP contribution in [0.25, 0.3) is 22.8 Å². The first-order chi connectivity index (χ1) is 15.8. The molecule has 168 valence electrons. The molecule has 0 saturated heterocycles. The number of hydrogen-bond donors (Lipinski definition) is 2. The Balaban J connectivity index is 1.72. The highest BCUT2D eigenvalue weighted by Gasteiger charge is 2.22. The normalized spacial score (nSPS) is 10.8. The van der Waals surface area contributed by atoms with Gasteiger partial charge in [-0.25, -0.2) is 15.0 Å². The smallest absolute Gasteiger partial charge is 0.274 e. The summed E-state index contributed by atoms with van der Waals surface area (Å²) < 4.78 is 6.78. The number of nitrogens with zero attached hydrogens (tertiary/aromatic N) is 6. The van der Waals surface area contributed by atoms with Crippen LogP contribution in [0.4, 0.5) is 11.5 Å². The fourth-order valence-corrected chi connectivity index (χ4v) is 3.26. The van der Waals surface area contributed by atoms with Gasteiger partial charge in [0, 0.05) is 45.2 Å². The maximum Gasteiger partial charge on any atom is 0.274 e. The van der Waals surface area contributed by atoms with Crippen molar-refractivity contribution in [3.8, 4) is 22.8 Å². The summed E-state index contributed by atoms with van der Waals surface area (Å²) in [6, 6.07) is 6.72. The zero-order valence-electron chi connectivity index (χ0n) is 18.3. The topological polar surface area (TPSA) is 145 Å². The number of amides is 1. The van der Waals surface area contributed by atoms with Crippen molar-refractivity contribution in [3.63, 3.8) is 0 Å². The van der Waals surface area contributed by atoms with Crippen molar-refractivity contribution >= 4 is 17.4 Å². The maximum atomic E-state index is 13.0. The number of aromatic nitrogens is 5. The van der Waals surface area contributed by atoms with Gasteiger partial charge in [-0.3, -0.25) is 14.6 Å². The van der Waals surface area contributed by atoms with Crippen molar-refractivity contribution in [2.24, 2.45) is 7.05 Å². The second-order valence-electron chi connectivity index (χ2n) is 7.41. The van der Waals surface area contributed by atoms with Gasteiger partial charge < -0.3 is 24.9 Å². The van der Waals surface area contributed by atoms with Crippen LogP contribution in [-0.4, -0.2) is 44.5 Å². The van der Waals surface area contributed by atoms with Gasteiger partial charge in [0.25, 0.3) is 5.91 Å². The molecule has 4 heterocycles. The van der Waals surface area contributed by atoms with Gasteiger partial charge in [0.1, 0.15) is 12.0 Å². The Morgan fingerprint density at radius 2 is 1.97 bits per heavy atom. The van der Waals surface area contributed by atoms with Crippen LogP contribution in [-0.2, 0) is 13.6 Å². The molecule has 4 rings (SSSR count). The predicted molar refractivity (Wildman–Crippen MR) is 122 cm³/mol. The Hall–Kier alpha value is -4.54. The molecule has 33 heavy (non-hydrogen) atoms. The van der Waals surface area contributed by atoms with E-state index in [1.165, 1.54) is 23.1 Å². The number of carbonyl (C=O) groups excluding carboxylic acids is 1. The number of anilines is 2. The third kappa shape index (κ3) is 4.42. The lowest BCUT2D eigenvalue weighted by Crippen LogP contribution is -2.27. The van der Waals surface area contributed by atoms with E-state index in [4.69, 9.17) is 10.2 Å². The Labute approximate surface area is 189 Å². The van der Waals surface area contributed by atoms with Gasteiger partial charge in [0.05, 0.1) is 24.1 Å². The second kappa shape index (κ2) is 8.91. The Bertz CT molecular complexity index is 1360. The minimum atomic E-state index is -0.514. The summed E-state index contributed by atoms with van der Waals surface area (Å²) >= 11 is 0. The zero-order valence-corrected chi connectivity index (χ0v) is 18.3. The summed E-state index contributed by atoms with van der Waals surface area (Å²) in [6.07, 6.45) is 6.11. The number of nitrogen functional groups attached to an aromatic ring is 1. The van der Waals surface area contributed by atoms with Crippen LogP contribution in [0.3, 0.4) is 0 Å². The highest BCUT2D eigenvalue weighted by atomic mass is 16.3. The van der Waals surface area contributed by atoms with Crippen LogP contribution in [0.2, 0.25) is 0 Å². The molecule has 11 heteroatoms. The molecule has 0 unspecified atom stereocenters. The van der Waals surface area contributed by atoms with Crippen molar-refractivity contribution in [1.29, 1.82) is 0 Å². The standard InChI is InChI=1S/C22H22N8O3/c1-29(2)15-5-4-8-24-14(15)11-26-21(32)19-20(23)28-18(22-25-9-10-33-22)17(27-19)13-6-7-16(31)30(3)12-13/h4-10,12H,11H2,1-3H3,(H2,23,28)(H,26,32). The van der Waals surface area contributed by atoms with Gasteiger partial charge >= 0.3 is 0 Å². The van der Waals surface area contributed by atoms with Gasteiger partial charge in [-0.05, 0) is 18.2 Å². The third-order valence-corrected chi connectivity index (χ3v) is 4.90. The molecule has 0 saturated carbocycles. The van der Waals surface area contributed by atoms with E-state index in [1.807, 2.05) is 31.1 Å². The molecule has 4 aromatic rings. The molecule has 3 N–H and O–H groups in total. The van der Waals surface area contributed by atoms with Gasteiger partial charge in [0.2, 0.25) is 11.4 Å². The number of carbonyl (C=O) groups is 1. The molecule has 0 radical (unpaired) electrons. The van der Waals surface area contributed by atoms with Gasteiger partial charge in [-0.15, -0.1) is 0 Å². The van der Waals surface area contributed by atoms with E-state index in [0.717, 1.165) is 5.69 Å². The number of rotatable bonds is 6. The Kier molecular flexibility index (Phi) is 5.85. The Morgan fingerprint density at radius 1 is 1.15 bits per heavy atom. The van der Waals surface area contributed by atoms with Crippen molar-refractivity contribution in [1.82, 2.24) is 29.8 Å². The van der Waals surface area contributed by atoms with Crippen molar-refractivity contribution in [2.75, 3.05) is 24.7 Å². The van der Waals surface area contributed by atoms with Gasteiger partial charge in [0.15, 0.2) is 17.2 Å². The highest BCUT2D eigenvalue weighted by Crippen LogP contribution is 2.29. The second-order valence-corrected chi connectivity index (χ2v) is 7.41. The maximum absolute atomic E-state index is 13.0. The third-order valence-electron chi connectivity index (χ3n) is 4.90. The zero-order chi connectivity index (χ0) is 23.5.